The third-order valence-electron chi connectivity index (χ3n) is 3.76. The van der Waals surface area contributed by atoms with Gasteiger partial charge in [0.25, 0.3) is 0 Å². The molecule has 1 aliphatic carbocycles. The van der Waals surface area contributed by atoms with Crippen molar-refractivity contribution in [1.82, 2.24) is 0 Å². The van der Waals surface area contributed by atoms with Gasteiger partial charge in [-0.2, -0.15) is 0 Å². The lowest BCUT2D eigenvalue weighted by Crippen LogP contribution is -2.18. The van der Waals surface area contributed by atoms with E-state index in [4.69, 9.17) is 11.6 Å². The van der Waals surface area contributed by atoms with Gasteiger partial charge in [-0.05, 0) is 42.5 Å². The Kier molecular flexibility index (Phi) is 2.40. The Morgan fingerprint density at radius 3 is 2.75 bits per heavy atom. The van der Waals surface area contributed by atoms with Crippen molar-refractivity contribution in [2.45, 2.75) is 31.6 Å². The van der Waals surface area contributed by atoms with Crippen LogP contribution in [-0.4, -0.2) is 5.91 Å². The highest BCUT2D eigenvalue weighted by Gasteiger charge is 2.37. The number of fused-ring (bicyclic) bond motifs is 1. The van der Waals surface area contributed by atoms with Gasteiger partial charge in [0.05, 0.1) is 5.92 Å². The lowest BCUT2D eigenvalue weighted by Gasteiger charge is -2.16. The Bertz CT molecular complexity index is 438. The van der Waals surface area contributed by atoms with E-state index in [-0.39, 0.29) is 11.8 Å². The highest BCUT2D eigenvalue weighted by molar-refractivity contribution is 6.31. The minimum absolute atomic E-state index is 0.0381. The molecule has 0 saturated heterocycles. The Balaban J connectivity index is 2.00. The van der Waals surface area contributed by atoms with Crippen molar-refractivity contribution in [2.75, 3.05) is 5.32 Å². The van der Waals surface area contributed by atoms with Crippen LogP contribution in [0.15, 0.2) is 18.2 Å². The molecule has 3 rings (SSSR count). The summed E-state index contributed by atoms with van der Waals surface area (Å²) in [4.78, 5) is 12.0. The quantitative estimate of drug-likeness (QED) is 0.792. The minimum Gasteiger partial charge on any atom is -0.325 e. The molecule has 2 nitrogen and oxygen atoms in total. The molecule has 16 heavy (non-hydrogen) atoms. The molecule has 2 aliphatic rings. The van der Waals surface area contributed by atoms with Crippen molar-refractivity contribution < 1.29 is 4.79 Å². The first-order chi connectivity index (χ1) is 7.75. The van der Waals surface area contributed by atoms with Crippen LogP contribution in [0.1, 0.15) is 37.2 Å². The van der Waals surface area contributed by atoms with Crippen molar-refractivity contribution >= 4 is 23.2 Å². The monoisotopic (exact) mass is 235 g/mol. The fraction of sp³-hybridized carbons (Fsp3) is 0.462. The number of benzene rings is 1. The molecule has 84 valence electrons. The molecular formula is C13H14ClNO. The van der Waals surface area contributed by atoms with Crippen molar-refractivity contribution in [3.05, 3.63) is 28.8 Å². The van der Waals surface area contributed by atoms with Crippen LogP contribution in [0.3, 0.4) is 0 Å². The third kappa shape index (κ3) is 1.52. The van der Waals surface area contributed by atoms with E-state index in [9.17, 15) is 4.79 Å². The molecule has 1 aromatic rings. The van der Waals surface area contributed by atoms with Gasteiger partial charge in [0, 0.05) is 10.7 Å². The lowest BCUT2D eigenvalue weighted by molar-refractivity contribution is -0.118. The first kappa shape index (κ1) is 10.2. The van der Waals surface area contributed by atoms with E-state index < -0.39 is 0 Å². The SMILES string of the molecule is O=C1Nc2ccc(Cl)cc2C1C1CCCC1. The van der Waals surface area contributed by atoms with Gasteiger partial charge in [0.1, 0.15) is 0 Å². The second-order valence-corrected chi connectivity index (χ2v) is 5.18. The van der Waals surface area contributed by atoms with Crippen LogP contribution < -0.4 is 5.32 Å². The van der Waals surface area contributed by atoms with Crippen LogP contribution in [-0.2, 0) is 4.79 Å². The molecule has 1 atom stereocenters. The van der Waals surface area contributed by atoms with Crippen LogP contribution in [0.4, 0.5) is 5.69 Å². The maximum absolute atomic E-state index is 12.0. The number of hydrogen-bond donors (Lipinski definition) is 1. The molecular weight excluding hydrogens is 222 g/mol. The largest absolute Gasteiger partial charge is 0.325 e. The number of carbonyl (C=O) groups excluding carboxylic acids is 1. The summed E-state index contributed by atoms with van der Waals surface area (Å²) in [6.45, 7) is 0. The first-order valence-corrected chi connectivity index (χ1v) is 6.24. The van der Waals surface area contributed by atoms with Gasteiger partial charge in [0.2, 0.25) is 5.91 Å². The normalized spacial score (nSPS) is 24.6. The zero-order valence-corrected chi connectivity index (χ0v) is 9.76. The maximum Gasteiger partial charge on any atom is 0.232 e. The molecule has 1 aromatic carbocycles. The van der Waals surface area contributed by atoms with Crippen LogP contribution in [0.5, 0.6) is 0 Å². The van der Waals surface area contributed by atoms with Crippen LogP contribution in [0.2, 0.25) is 5.02 Å². The van der Waals surface area contributed by atoms with Gasteiger partial charge in [-0.15, -0.1) is 0 Å². The van der Waals surface area contributed by atoms with Crippen LogP contribution >= 0.6 is 11.6 Å². The van der Waals surface area contributed by atoms with E-state index in [0.29, 0.717) is 5.92 Å². The lowest BCUT2D eigenvalue weighted by atomic mass is 9.86. The number of carbonyl (C=O) groups is 1. The predicted molar refractivity (Wildman–Crippen MR) is 64.8 cm³/mol. The highest BCUT2D eigenvalue weighted by Crippen LogP contribution is 2.44. The Hall–Kier alpha value is -1.02. The summed E-state index contributed by atoms with van der Waals surface area (Å²) in [7, 11) is 0. The number of anilines is 1. The average Bonchev–Trinajstić information content (AvgIpc) is 2.83. The van der Waals surface area contributed by atoms with Crippen molar-refractivity contribution in [1.29, 1.82) is 0 Å². The van der Waals surface area contributed by atoms with E-state index in [0.717, 1.165) is 16.3 Å². The van der Waals surface area contributed by atoms with Crippen LogP contribution in [0, 0.1) is 5.92 Å². The summed E-state index contributed by atoms with van der Waals surface area (Å²) < 4.78 is 0. The predicted octanol–water partition coefficient (Wildman–Crippen LogP) is 3.57. The van der Waals surface area contributed by atoms with E-state index in [1.807, 2.05) is 18.2 Å². The fourth-order valence-corrected chi connectivity index (χ4v) is 3.20. The van der Waals surface area contributed by atoms with Crippen molar-refractivity contribution in [3.63, 3.8) is 0 Å². The highest BCUT2D eigenvalue weighted by atomic mass is 35.5. The minimum atomic E-state index is 0.0381. The molecule has 1 fully saturated rings. The average molecular weight is 236 g/mol. The Labute approximate surface area is 100.0 Å². The topological polar surface area (TPSA) is 29.1 Å². The Morgan fingerprint density at radius 1 is 1.25 bits per heavy atom. The molecule has 1 amide bonds. The molecule has 3 heteroatoms. The van der Waals surface area contributed by atoms with Gasteiger partial charge < -0.3 is 5.32 Å². The van der Waals surface area contributed by atoms with Gasteiger partial charge in [-0.3, -0.25) is 4.79 Å². The second-order valence-electron chi connectivity index (χ2n) is 4.74. The number of hydrogen-bond acceptors (Lipinski definition) is 1. The van der Waals surface area contributed by atoms with Crippen molar-refractivity contribution in [2.24, 2.45) is 5.92 Å². The van der Waals surface area contributed by atoms with E-state index in [1.165, 1.54) is 25.7 Å². The molecule has 0 bridgehead atoms. The molecule has 1 saturated carbocycles. The summed E-state index contributed by atoms with van der Waals surface area (Å²) >= 11 is 6.00. The molecule has 1 N–H and O–H groups in total. The maximum atomic E-state index is 12.0. The van der Waals surface area contributed by atoms with E-state index >= 15 is 0 Å². The number of amides is 1. The molecule has 0 aromatic heterocycles. The number of nitrogens with one attached hydrogen (secondary N) is 1. The summed E-state index contributed by atoms with van der Waals surface area (Å²) in [5, 5.41) is 3.67. The summed E-state index contributed by atoms with van der Waals surface area (Å²) in [5.41, 5.74) is 2.05. The standard InChI is InChI=1S/C13H14ClNO/c14-9-5-6-11-10(7-9)12(13(16)15-11)8-3-1-2-4-8/h5-8,12H,1-4H2,(H,15,16). The molecule has 1 unspecified atom stereocenters. The van der Waals surface area contributed by atoms with Gasteiger partial charge in [0.15, 0.2) is 0 Å². The summed E-state index contributed by atoms with van der Waals surface area (Å²) in [6.07, 6.45) is 4.85. The second kappa shape index (κ2) is 3.77. The number of halogens is 1. The van der Waals surface area contributed by atoms with Gasteiger partial charge in [-0.25, -0.2) is 0 Å². The van der Waals surface area contributed by atoms with E-state index in [2.05, 4.69) is 5.32 Å². The smallest absolute Gasteiger partial charge is 0.232 e. The molecule has 1 heterocycles. The zero-order valence-electron chi connectivity index (χ0n) is 9.00. The van der Waals surface area contributed by atoms with Crippen LogP contribution in [0.25, 0.3) is 0 Å². The first-order valence-electron chi connectivity index (χ1n) is 5.86. The third-order valence-corrected chi connectivity index (χ3v) is 4.00. The van der Waals surface area contributed by atoms with Gasteiger partial charge in [-0.1, -0.05) is 24.4 Å². The number of rotatable bonds is 1. The molecule has 1 aliphatic heterocycles. The molecule has 0 spiro atoms. The van der Waals surface area contributed by atoms with E-state index in [1.54, 1.807) is 0 Å². The summed E-state index contributed by atoms with van der Waals surface area (Å²) in [5.74, 6) is 0.708. The zero-order chi connectivity index (χ0) is 11.1. The Morgan fingerprint density at radius 2 is 2.00 bits per heavy atom. The summed E-state index contributed by atoms with van der Waals surface area (Å²) in [6, 6.07) is 5.68. The van der Waals surface area contributed by atoms with Crippen molar-refractivity contribution in [3.8, 4) is 0 Å². The van der Waals surface area contributed by atoms with Gasteiger partial charge >= 0.3 is 0 Å². The molecule has 0 radical (unpaired) electrons. The fourth-order valence-electron chi connectivity index (χ4n) is 3.02.